The van der Waals surface area contributed by atoms with Crippen molar-refractivity contribution in [2.75, 3.05) is 5.88 Å². The first-order chi connectivity index (χ1) is 9.63. The van der Waals surface area contributed by atoms with Crippen LogP contribution in [0.1, 0.15) is 91.4 Å². The van der Waals surface area contributed by atoms with Crippen LogP contribution in [0.15, 0.2) is 0 Å². The number of unbranched alkanes of at least 4 members (excludes halogenated alkanes) is 3. The molecule has 0 rings (SSSR count). The predicted octanol–water partition coefficient (Wildman–Crippen LogP) is 7.42. The third-order valence-electron chi connectivity index (χ3n) is 4.23. The molecule has 0 aliphatic rings. The molecule has 3 atom stereocenters. The SMILES string of the molecule is CCCCC(CC(C)Cl)CC(CCC)CCCCCCl. The average molecular weight is 323 g/mol. The standard InChI is InChI=1S/C18H36Cl2/c1-4-6-11-18(14-16(3)20)15-17(10-5-2)12-8-7-9-13-19/h16-18H,4-15H2,1-3H3. The summed E-state index contributed by atoms with van der Waals surface area (Å²) in [5, 5.41) is 0.329. The first-order valence-corrected chi connectivity index (χ1v) is 9.81. The second-order valence-electron chi connectivity index (χ2n) is 6.45. The van der Waals surface area contributed by atoms with Gasteiger partial charge in [0.1, 0.15) is 0 Å². The Bertz CT molecular complexity index is 192. The van der Waals surface area contributed by atoms with Crippen molar-refractivity contribution in [1.29, 1.82) is 0 Å². The lowest BCUT2D eigenvalue weighted by molar-refractivity contribution is 0.295. The Morgan fingerprint density at radius 3 is 2.00 bits per heavy atom. The largest absolute Gasteiger partial charge is 0.127 e. The zero-order valence-electron chi connectivity index (χ0n) is 14.0. The Morgan fingerprint density at radius 1 is 0.750 bits per heavy atom. The minimum Gasteiger partial charge on any atom is -0.127 e. The van der Waals surface area contributed by atoms with Gasteiger partial charge in [0, 0.05) is 11.3 Å². The third-order valence-corrected chi connectivity index (χ3v) is 4.68. The van der Waals surface area contributed by atoms with Crippen LogP contribution < -0.4 is 0 Å². The minimum atomic E-state index is 0.329. The molecule has 0 aliphatic heterocycles. The molecule has 0 N–H and O–H groups in total. The molecule has 0 aromatic heterocycles. The van der Waals surface area contributed by atoms with E-state index in [-0.39, 0.29) is 0 Å². The molecule has 0 aromatic carbocycles. The van der Waals surface area contributed by atoms with Crippen LogP contribution in [0.25, 0.3) is 0 Å². The van der Waals surface area contributed by atoms with Crippen LogP contribution >= 0.6 is 23.2 Å². The van der Waals surface area contributed by atoms with Gasteiger partial charge in [-0.25, -0.2) is 0 Å². The highest BCUT2D eigenvalue weighted by atomic mass is 35.5. The van der Waals surface area contributed by atoms with Gasteiger partial charge in [-0.05, 0) is 38.0 Å². The summed E-state index contributed by atoms with van der Waals surface area (Å²) in [5.74, 6) is 2.57. The zero-order valence-corrected chi connectivity index (χ0v) is 15.5. The molecule has 0 heterocycles. The highest BCUT2D eigenvalue weighted by Gasteiger charge is 2.17. The van der Waals surface area contributed by atoms with Gasteiger partial charge in [0.15, 0.2) is 0 Å². The second-order valence-corrected chi connectivity index (χ2v) is 7.58. The van der Waals surface area contributed by atoms with E-state index in [0.717, 1.165) is 17.7 Å². The molecule has 0 spiro atoms. The average Bonchev–Trinajstić information content (AvgIpc) is 2.40. The summed E-state index contributed by atoms with van der Waals surface area (Å²) in [6.45, 7) is 6.75. The van der Waals surface area contributed by atoms with Gasteiger partial charge in [0.2, 0.25) is 0 Å². The molecule has 122 valence electrons. The maximum Gasteiger partial charge on any atom is 0.0310 e. The van der Waals surface area contributed by atoms with Crippen LogP contribution in [0.3, 0.4) is 0 Å². The lowest BCUT2D eigenvalue weighted by atomic mass is 9.83. The second kappa shape index (κ2) is 14.5. The van der Waals surface area contributed by atoms with E-state index in [9.17, 15) is 0 Å². The van der Waals surface area contributed by atoms with Crippen LogP contribution in [0, 0.1) is 11.8 Å². The van der Waals surface area contributed by atoms with Crippen molar-refractivity contribution in [2.45, 2.75) is 96.8 Å². The Labute approximate surface area is 138 Å². The van der Waals surface area contributed by atoms with Crippen LogP contribution in [0.4, 0.5) is 0 Å². The van der Waals surface area contributed by atoms with Gasteiger partial charge in [-0.2, -0.15) is 0 Å². The minimum absolute atomic E-state index is 0.329. The summed E-state index contributed by atoms with van der Waals surface area (Å²) in [7, 11) is 0. The van der Waals surface area contributed by atoms with Gasteiger partial charge in [-0.3, -0.25) is 0 Å². The topological polar surface area (TPSA) is 0 Å². The monoisotopic (exact) mass is 322 g/mol. The van der Waals surface area contributed by atoms with Crippen LogP contribution in [0.5, 0.6) is 0 Å². The summed E-state index contributed by atoms with van der Waals surface area (Å²) in [6, 6.07) is 0. The molecule has 0 fully saturated rings. The van der Waals surface area contributed by atoms with Crippen LogP contribution in [0.2, 0.25) is 0 Å². The van der Waals surface area contributed by atoms with Gasteiger partial charge in [0.05, 0.1) is 0 Å². The molecule has 0 saturated carbocycles. The molecular weight excluding hydrogens is 287 g/mol. The Hall–Kier alpha value is 0.580. The Balaban J connectivity index is 4.16. The van der Waals surface area contributed by atoms with Gasteiger partial charge >= 0.3 is 0 Å². The smallest absolute Gasteiger partial charge is 0.0310 e. The third kappa shape index (κ3) is 12.3. The predicted molar refractivity (Wildman–Crippen MR) is 95.2 cm³/mol. The van der Waals surface area contributed by atoms with Crippen molar-refractivity contribution in [1.82, 2.24) is 0 Å². The summed E-state index contributed by atoms with van der Waals surface area (Å²) in [4.78, 5) is 0. The fourth-order valence-corrected chi connectivity index (χ4v) is 3.69. The highest BCUT2D eigenvalue weighted by molar-refractivity contribution is 6.20. The molecule has 0 nitrogen and oxygen atoms in total. The van der Waals surface area contributed by atoms with Crippen LogP contribution in [-0.4, -0.2) is 11.3 Å². The molecule has 3 unspecified atom stereocenters. The van der Waals surface area contributed by atoms with Crippen molar-refractivity contribution < 1.29 is 0 Å². The van der Waals surface area contributed by atoms with Crippen molar-refractivity contribution in [2.24, 2.45) is 11.8 Å². The van der Waals surface area contributed by atoms with E-state index >= 15 is 0 Å². The van der Waals surface area contributed by atoms with Gasteiger partial charge < -0.3 is 0 Å². The van der Waals surface area contributed by atoms with Gasteiger partial charge in [-0.15, -0.1) is 23.2 Å². The lowest BCUT2D eigenvalue weighted by Crippen LogP contribution is -2.13. The lowest BCUT2D eigenvalue weighted by Gasteiger charge is -2.24. The number of rotatable bonds is 14. The molecule has 0 bridgehead atoms. The first kappa shape index (κ1) is 20.6. The normalized spacial score (nSPS) is 16.1. The fourth-order valence-electron chi connectivity index (χ4n) is 3.25. The maximum absolute atomic E-state index is 6.24. The van der Waals surface area contributed by atoms with E-state index < -0.39 is 0 Å². The number of hydrogen-bond acceptors (Lipinski definition) is 0. The zero-order chi connectivity index (χ0) is 15.2. The summed E-state index contributed by atoms with van der Waals surface area (Å²) >= 11 is 12.0. The van der Waals surface area contributed by atoms with E-state index in [4.69, 9.17) is 23.2 Å². The van der Waals surface area contributed by atoms with E-state index in [0.29, 0.717) is 5.38 Å². The Morgan fingerprint density at radius 2 is 1.45 bits per heavy atom. The Kier molecular flexibility index (Phi) is 14.9. The summed E-state index contributed by atoms with van der Waals surface area (Å²) in [6.07, 6.45) is 14.6. The van der Waals surface area contributed by atoms with Crippen LogP contribution in [-0.2, 0) is 0 Å². The molecule has 0 aliphatic carbocycles. The molecule has 0 amide bonds. The molecule has 0 aromatic rings. The van der Waals surface area contributed by atoms with Crippen molar-refractivity contribution in [3.63, 3.8) is 0 Å². The van der Waals surface area contributed by atoms with E-state index in [1.807, 2.05) is 0 Å². The number of alkyl halides is 2. The van der Waals surface area contributed by atoms with E-state index in [2.05, 4.69) is 20.8 Å². The summed E-state index contributed by atoms with van der Waals surface area (Å²) in [5.41, 5.74) is 0. The van der Waals surface area contributed by atoms with Crippen molar-refractivity contribution in [3.05, 3.63) is 0 Å². The maximum atomic E-state index is 6.24. The highest BCUT2D eigenvalue weighted by Crippen LogP contribution is 2.30. The van der Waals surface area contributed by atoms with Gasteiger partial charge in [-0.1, -0.05) is 65.2 Å². The van der Waals surface area contributed by atoms with E-state index in [1.54, 1.807) is 0 Å². The molecular formula is C18H36Cl2. The fraction of sp³-hybridized carbons (Fsp3) is 1.00. The van der Waals surface area contributed by atoms with Gasteiger partial charge in [0.25, 0.3) is 0 Å². The molecule has 0 saturated heterocycles. The van der Waals surface area contributed by atoms with Crippen molar-refractivity contribution in [3.8, 4) is 0 Å². The summed E-state index contributed by atoms with van der Waals surface area (Å²) < 4.78 is 0. The quantitative estimate of drug-likeness (QED) is 0.230. The molecule has 2 heteroatoms. The van der Waals surface area contributed by atoms with E-state index in [1.165, 1.54) is 70.6 Å². The first-order valence-electron chi connectivity index (χ1n) is 8.83. The van der Waals surface area contributed by atoms with Crippen molar-refractivity contribution >= 4 is 23.2 Å². The number of hydrogen-bond donors (Lipinski definition) is 0. The molecule has 0 radical (unpaired) electrons. The molecule has 20 heavy (non-hydrogen) atoms. The number of halogens is 2.